The molecule has 28 heavy (non-hydrogen) atoms. The SMILES string of the molecule is CCn1c(SCC(=O)c2[nH]c(C)c(C(C)=O)c2C)nnc1-c1cccc(C)c1. The van der Waals surface area contributed by atoms with E-state index < -0.39 is 0 Å². The third-order valence-corrected chi connectivity index (χ3v) is 5.68. The Balaban J connectivity index is 1.81. The summed E-state index contributed by atoms with van der Waals surface area (Å²) in [6, 6.07) is 8.13. The summed E-state index contributed by atoms with van der Waals surface area (Å²) in [6.07, 6.45) is 0. The van der Waals surface area contributed by atoms with Gasteiger partial charge in [-0.1, -0.05) is 35.5 Å². The number of rotatable bonds is 7. The standard InChI is InChI=1S/C21H24N4O2S/c1-6-25-20(16-9-7-8-12(2)10-16)23-24-21(25)28-11-17(27)19-13(3)18(15(5)26)14(4)22-19/h7-10,22H,6,11H2,1-5H3. The molecule has 3 aromatic rings. The first-order valence-corrected chi connectivity index (χ1v) is 10.2. The zero-order valence-corrected chi connectivity index (χ0v) is 17.6. The van der Waals surface area contributed by atoms with Crippen LogP contribution in [0.4, 0.5) is 0 Å². The number of nitrogens with one attached hydrogen (secondary N) is 1. The molecule has 2 aromatic heterocycles. The number of Topliss-reactive ketones (excluding diaryl/α,β-unsaturated/α-hetero) is 2. The number of H-pyrrole nitrogens is 1. The molecular formula is C21H24N4O2S. The summed E-state index contributed by atoms with van der Waals surface area (Å²) in [6.45, 7) is 9.93. The lowest BCUT2D eigenvalue weighted by Gasteiger charge is -2.07. The molecule has 0 fully saturated rings. The van der Waals surface area contributed by atoms with Crippen molar-refractivity contribution in [1.29, 1.82) is 0 Å². The minimum absolute atomic E-state index is 0.0357. The van der Waals surface area contributed by atoms with Crippen LogP contribution in [-0.2, 0) is 6.54 Å². The Morgan fingerprint density at radius 2 is 1.93 bits per heavy atom. The highest BCUT2D eigenvalue weighted by atomic mass is 32.2. The van der Waals surface area contributed by atoms with Gasteiger partial charge in [0.15, 0.2) is 22.5 Å². The summed E-state index contributed by atoms with van der Waals surface area (Å²) in [7, 11) is 0. The average molecular weight is 397 g/mol. The fourth-order valence-electron chi connectivity index (χ4n) is 3.44. The number of hydrogen-bond donors (Lipinski definition) is 1. The van der Waals surface area contributed by atoms with Crippen LogP contribution in [0.25, 0.3) is 11.4 Å². The Hall–Kier alpha value is -2.67. The first-order chi connectivity index (χ1) is 13.3. The lowest BCUT2D eigenvalue weighted by atomic mass is 10.1. The normalized spacial score (nSPS) is 11.0. The van der Waals surface area contributed by atoms with Gasteiger partial charge >= 0.3 is 0 Å². The number of aromatic nitrogens is 4. The quantitative estimate of drug-likeness (QED) is 0.473. The molecule has 0 bridgehead atoms. The Labute approximate surface area is 168 Å². The van der Waals surface area contributed by atoms with Crippen LogP contribution in [0.3, 0.4) is 0 Å². The molecule has 0 aliphatic heterocycles. The molecule has 0 atom stereocenters. The van der Waals surface area contributed by atoms with Crippen LogP contribution >= 0.6 is 11.8 Å². The van der Waals surface area contributed by atoms with E-state index >= 15 is 0 Å². The van der Waals surface area contributed by atoms with E-state index in [1.54, 1.807) is 0 Å². The van der Waals surface area contributed by atoms with E-state index in [1.165, 1.54) is 18.7 Å². The molecule has 2 heterocycles. The molecule has 146 valence electrons. The molecule has 1 aromatic carbocycles. The first-order valence-electron chi connectivity index (χ1n) is 9.19. The smallest absolute Gasteiger partial charge is 0.191 e. The van der Waals surface area contributed by atoms with Crippen LogP contribution in [0.5, 0.6) is 0 Å². The maximum absolute atomic E-state index is 12.7. The third-order valence-electron chi connectivity index (χ3n) is 4.71. The number of carbonyl (C=O) groups is 2. The van der Waals surface area contributed by atoms with E-state index in [1.807, 2.05) is 50.5 Å². The van der Waals surface area contributed by atoms with E-state index in [-0.39, 0.29) is 17.3 Å². The van der Waals surface area contributed by atoms with Gasteiger partial charge in [-0.3, -0.25) is 9.59 Å². The molecule has 0 aliphatic rings. The van der Waals surface area contributed by atoms with Crippen molar-refractivity contribution in [2.45, 2.75) is 46.3 Å². The fraction of sp³-hybridized carbons (Fsp3) is 0.333. The van der Waals surface area contributed by atoms with Gasteiger partial charge in [0, 0.05) is 23.4 Å². The van der Waals surface area contributed by atoms with Gasteiger partial charge in [-0.25, -0.2) is 0 Å². The molecular weight excluding hydrogens is 372 g/mol. The van der Waals surface area contributed by atoms with Gasteiger partial charge in [0.05, 0.1) is 11.4 Å². The molecule has 0 saturated carbocycles. The monoisotopic (exact) mass is 396 g/mol. The molecule has 0 aliphatic carbocycles. The number of hydrogen-bond acceptors (Lipinski definition) is 5. The van der Waals surface area contributed by atoms with Crippen LogP contribution in [0.1, 0.15) is 51.5 Å². The molecule has 6 nitrogen and oxygen atoms in total. The second kappa shape index (κ2) is 8.14. The number of benzene rings is 1. The Kier molecular flexibility index (Phi) is 5.84. The highest BCUT2D eigenvalue weighted by molar-refractivity contribution is 7.99. The highest BCUT2D eigenvalue weighted by Gasteiger charge is 2.21. The van der Waals surface area contributed by atoms with E-state index in [9.17, 15) is 9.59 Å². The van der Waals surface area contributed by atoms with Gasteiger partial charge in [-0.2, -0.15) is 0 Å². The van der Waals surface area contributed by atoms with Crippen molar-refractivity contribution in [3.05, 3.63) is 52.3 Å². The van der Waals surface area contributed by atoms with Crippen LogP contribution < -0.4 is 0 Å². The number of aryl methyl sites for hydroxylation is 2. The summed E-state index contributed by atoms with van der Waals surface area (Å²) in [4.78, 5) is 27.6. The van der Waals surface area contributed by atoms with Crippen LogP contribution in [0, 0.1) is 20.8 Å². The average Bonchev–Trinajstić information content (AvgIpc) is 3.19. The largest absolute Gasteiger partial charge is 0.355 e. The van der Waals surface area contributed by atoms with Gasteiger partial charge in [0.2, 0.25) is 0 Å². The number of thioether (sulfide) groups is 1. The van der Waals surface area contributed by atoms with E-state index in [0.29, 0.717) is 28.5 Å². The zero-order valence-electron chi connectivity index (χ0n) is 16.8. The van der Waals surface area contributed by atoms with Gasteiger partial charge in [-0.15, -0.1) is 10.2 Å². The summed E-state index contributed by atoms with van der Waals surface area (Å²) >= 11 is 1.36. The van der Waals surface area contributed by atoms with Crippen LogP contribution in [0.2, 0.25) is 0 Å². The summed E-state index contributed by atoms with van der Waals surface area (Å²) in [5.74, 6) is 0.934. The Morgan fingerprint density at radius 1 is 1.18 bits per heavy atom. The third kappa shape index (κ3) is 3.80. The van der Waals surface area contributed by atoms with Crippen molar-refractivity contribution in [1.82, 2.24) is 19.7 Å². The molecule has 0 unspecified atom stereocenters. The first kappa shape index (κ1) is 20.1. The number of ketones is 2. The van der Waals surface area contributed by atoms with Crippen molar-refractivity contribution < 1.29 is 9.59 Å². The van der Waals surface area contributed by atoms with Gasteiger partial charge in [-0.05, 0) is 46.2 Å². The molecule has 7 heteroatoms. The second-order valence-corrected chi connectivity index (χ2v) is 7.76. The Bertz CT molecular complexity index is 1050. The van der Waals surface area contributed by atoms with Gasteiger partial charge in [0.1, 0.15) is 0 Å². The van der Waals surface area contributed by atoms with Crippen molar-refractivity contribution in [2.75, 3.05) is 5.75 Å². The zero-order chi connectivity index (χ0) is 20.4. The van der Waals surface area contributed by atoms with Gasteiger partial charge in [0.25, 0.3) is 0 Å². The second-order valence-electron chi connectivity index (χ2n) is 6.81. The highest BCUT2D eigenvalue weighted by Crippen LogP contribution is 2.26. The molecule has 0 saturated heterocycles. The minimum atomic E-state index is -0.0548. The Morgan fingerprint density at radius 3 is 2.54 bits per heavy atom. The number of aromatic amines is 1. The van der Waals surface area contributed by atoms with Crippen molar-refractivity contribution in [3.63, 3.8) is 0 Å². The van der Waals surface area contributed by atoms with Crippen LogP contribution in [-0.4, -0.2) is 37.1 Å². The molecule has 0 spiro atoms. The lowest BCUT2D eigenvalue weighted by Crippen LogP contribution is -2.07. The molecule has 0 radical (unpaired) electrons. The summed E-state index contributed by atoms with van der Waals surface area (Å²) in [5, 5.41) is 9.34. The van der Waals surface area contributed by atoms with Gasteiger partial charge < -0.3 is 9.55 Å². The summed E-state index contributed by atoms with van der Waals surface area (Å²) < 4.78 is 2.01. The maximum atomic E-state index is 12.7. The molecule has 1 N–H and O–H groups in total. The topological polar surface area (TPSA) is 80.6 Å². The lowest BCUT2D eigenvalue weighted by molar-refractivity contribution is 0.101. The van der Waals surface area contributed by atoms with Crippen molar-refractivity contribution in [3.8, 4) is 11.4 Å². The van der Waals surface area contributed by atoms with E-state index in [2.05, 4.69) is 21.2 Å². The molecule has 0 amide bonds. The predicted molar refractivity (Wildman–Crippen MR) is 111 cm³/mol. The number of carbonyl (C=O) groups excluding carboxylic acids is 2. The van der Waals surface area contributed by atoms with Crippen LogP contribution in [0.15, 0.2) is 29.4 Å². The maximum Gasteiger partial charge on any atom is 0.191 e. The minimum Gasteiger partial charge on any atom is -0.355 e. The fourth-order valence-corrected chi connectivity index (χ4v) is 4.31. The summed E-state index contributed by atoms with van der Waals surface area (Å²) in [5.41, 5.74) is 4.72. The van der Waals surface area contributed by atoms with E-state index in [0.717, 1.165) is 22.6 Å². The van der Waals surface area contributed by atoms with Crippen molar-refractivity contribution in [2.24, 2.45) is 0 Å². The number of nitrogens with zero attached hydrogens (tertiary/aromatic N) is 3. The van der Waals surface area contributed by atoms with E-state index in [4.69, 9.17) is 0 Å². The van der Waals surface area contributed by atoms with Crippen molar-refractivity contribution >= 4 is 23.3 Å². The molecule has 3 rings (SSSR count). The predicted octanol–water partition coefficient (Wildman–Crippen LogP) is 4.40.